The first kappa shape index (κ1) is 20.8. The number of fused-ring (bicyclic) bond motifs is 1. The van der Waals surface area contributed by atoms with Gasteiger partial charge in [-0.15, -0.1) is 10.2 Å². The smallest absolute Gasteiger partial charge is 0.301 e. The molecule has 9 heteroatoms. The molecule has 0 aliphatic carbocycles. The number of carbonyl (C=O) groups excluding carboxylic acids is 2. The van der Waals surface area contributed by atoms with E-state index < -0.39 is 17.7 Å². The van der Waals surface area contributed by atoms with Crippen LogP contribution in [-0.2, 0) is 16.0 Å². The highest BCUT2D eigenvalue weighted by atomic mass is 79.9. The van der Waals surface area contributed by atoms with E-state index in [9.17, 15) is 14.7 Å². The molecular weight excluding hydrogens is 494 g/mol. The number of benzene rings is 2. The minimum absolute atomic E-state index is 0.0251. The molecule has 0 spiro atoms. The van der Waals surface area contributed by atoms with E-state index in [1.807, 2.05) is 37.3 Å². The second-order valence-corrected chi connectivity index (χ2v) is 9.86. The number of ether oxygens (including phenoxy) is 1. The number of nitrogens with zero attached hydrogens (tertiary/aromatic N) is 3. The fraction of sp³-hybridized carbons (Fsp3) is 0.217. The van der Waals surface area contributed by atoms with Gasteiger partial charge in [-0.2, -0.15) is 0 Å². The van der Waals surface area contributed by atoms with E-state index in [0.29, 0.717) is 27.7 Å². The lowest BCUT2D eigenvalue weighted by Crippen LogP contribution is -2.29. The number of carbonyl (C=O) groups is 2. The Bertz CT molecular complexity index is 1280. The summed E-state index contributed by atoms with van der Waals surface area (Å²) in [5, 5.41) is 20.3. The molecule has 7 nitrogen and oxygen atoms in total. The molecule has 1 fully saturated rings. The lowest BCUT2D eigenvalue weighted by atomic mass is 9.94. The summed E-state index contributed by atoms with van der Waals surface area (Å²) in [5.74, 6) is -0.951. The van der Waals surface area contributed by atoms with E-state index in [1.165, 1.54) is 16.2 Å². The molecule has 2 aromatic carbocycles. The maximum Gasteiger partial charge on any atom is 0.301 e. The normalized spacial score (nSPS) is 21.7. The van der Waals surface area contributed by atoms with Crippen molar-refractivity contribution >= 4 is 49.8 Å². The van der Waals surface area contributed by atoms with Gasteiger partial charge in [0, 0.05) is 16.5 Å². The number of amides is 1. The number of halogens is 1. The van der Waals surface area contributed by atoms with E-state index in [-0.39, 0.29) is 17.4 Å². The van der Waals surface area contributed by atoms with Gasteiger partial charge in [0.15, 0.2) is 0 Å². The van der Waals surface area contributed by atoms with Crippen LogP contribution in [0.1, 0.15) is 34.7 Å². The maximum absolute atomic E-state index is 13.2. The van der Waals surface area contributed by atoms with E-state index in [1.54, 1.807) is 19.1 Å². The van der Waals surface area contributed by atoms with Crippen LogP contribution >= 0.6 is 27.3 Å². The van der Waals surface area contributed by atoms with Crippen LogP contribution in [0.2, 0.25) is 0 Å². The van der Waals surface area contributed by atoms with Gasteiger partial charge in [0.2, 0.25) is 5.13 Å². The van der Waals surface area contributed by atoms with Gasteiger partial charge in [0.05, 0.1) is 11.6 Å². The minimum atomic E-state index is -0.820. The number of rotatable bonds is 3. The molecule has 162 valence electrons. The molecule has 0 unspecified atom stereocenters. The van der Waals surface area contributed by atoms with Crippen molar-refractivity contribution < 1.29 is 19.4 Å². The second kappa shape index (κ2) is 7.83. The SMILES string of the molecule is Cc1nnc(N2C(=O)C(=O)C(=C(O)c3ccc4c(c3)C[C@@H](C)O4)[C@H]2c2ccc(Br)cc2)s1. The van der Waals surface area contributed by atoms with Crippen molar-refractivity contribution in [1.82, 2.24) is 10.2 Å². The third-order valence-electron chi connectivity index (χ3n) is 5.52. The largest absolute Gasteiger partial charge is 0.507 e. The van der Waals surface area contributed by atoms with Crippen LogP contribution in [0.3, 0.4) is 0 Å². The molecule has 1 N–H and O–H groups in total. The summed E-state index contributed by atoms with van der Waals surface area (Å²) in [6, 6.07) is 11.8. The Labute approximate surface area is 196 Å². The number of ketones is 1. The summed E-state index contributed by atoms with van der Waals surface area (Å²) < 4.78 is 6.60. The molecule has 2 aliphatic rings. The second-order valence-electron chi connectivity index (χ2n) is 7.78. The van der Waals surface area contributed by atoms with Crippen molar-refractivity contribution in [2.75, 3.05) is 4.90 Å². The predicted molar refractivity (Wildman–Crippen MR) is 124 cm³/mol. The molecule has 32 heavy (non-hydrogen) atoms. The van der Waals surface area contributed by atoms with Crippen molar-refractivity contribution in [2.45, 2.75) is 32.4 Å². The highest BCUT2D eigenvalue weighted by molar-refractivity contribution is 9.10. The fourth-order valence-corrected chi connectivity index (χ4v) is 5.08. The molecule has 1 amide bonds. The zero-order chi connectivity index (χ0) is 22.6. The van der Waals surface area contributed by atoms with Gasteiger partial charge >= 0.3 is 5.91 Å². The molecule has 3 heterocycles. The molecular formula is C23H18BrN3O4S. The first-order valence-corrected chi connectivity index (χ1v) is 11.6. The molecule has 0 bridgehead atoms. The molecule has 2 aliphatic heterocycles. The lowest BCUT2D eigenvalue weighted by Gasteiger charge is -2.22. The molecule has 1 aromatic heterocycles. The van der Waals surface area contributed by atoms with Crippen LogP contribution in [0.15, 0.2) is 52.5 Å². The lowest BCUT2D eigenvalue weighted by molar-refractivity contribution is -0.132. The van der Waals surface area contributed by atoms with E-state index in [0.717, 1.165) is 15.8 Å². The van der Waals surface area contributed by atoms with E-state index >= 15 is 0 Å². The van der Waals surface area contributed by atoms with Crippen LogP contribution in [0.5, 0.6) is 5.75 Å². The van der Waals surface area contributed by atoms with Gasteiger partial charge < -0.3 is 9.84 Å². The van der Waals surface area contributed by atoms with Crippen molar-refractivity contribution in [2.24, 2.45) is 0 Å². The Morgan fingerprint density at radius 2 is 1.94 bits per heavy atom. The Morgan fingerprint density at radius 3 is 2.62 bits per heavy atom. The highest BCUT2D eigenvalue weighted by Gasteiger charge is 2.48. The molecule has 3 aromatic rings. The van der Waals surface area contributed by atoms with Gasteiger partial charge in [-0.3, -0.25) is 14.5 Å². The Hall–Kier alpha value is -3.04. The summed E-state index contributed by atoms with van der Waals surface area (Å²) in [6.45, 7) is 3.75. The number of aliphatic hydroxyl groups is 1. The summed E-state index contributed by atoms with van der Waals surface area (Å²) in [4.78, 5) is 27.6. The number of hydrogen-bond donors (Lipinski definition) is 1. The van der Waals surface area contributed by atoms with Crippen molar-refractivity contribution in [3.63, 3.8) is 0 Å². The Balaban J connectivity index is 1.68. The number of anilines is 1. The van der Waals surface area contributed by atoms with Crippen molar-refractivity contribution in [1.29, 1.82) is 0 Å². The number of aryl methyl sites for hydroxylation is 1. The summed E-state index contributed by atoms with van der Waals surface area (Å²) >= 11 is 4.63. The average Bonchev–Trinajstić information content (AvgIpc) is 3.43. The molecule has 2 atom stereocenters. The summed E-state index contributed by atoms with van der Waals surface area (Å²) in [6.07, 6.45) is 0.765. The standard InChI is InChI=1S/C23H18BrN3O4S/c1-11-9-15-10-14(5-8-17(15)31-11)20(28)18-19(13-3-6-16(24)7-4-13)27(22(30)21(18)29)23-26-25-12(2)32-23/h3-8,10-11,19,28H,9H2,1-2H3/t11-,19-/m1/s1. The van der Waals surface area contributed by atoms with Crippen molar-refractivity contribution in [3.8, 4) is 5.75 Å². The summed E-state index contributed by atoms with van der Waals surface area (Å²) in [7, 11) is 0. The summed E-state index contributed by atoms with van der Waals surface area (Å²) in [5.41, 5.74) is 2.13. The van der Waals surface area contributed by atoms with Crippen LogP contribution < -0.4 is 9.64 Å². The third-order valence-corrected chi connectivity index (χ3v) is 6.89. The van der Waals surface area contributed by atoms with Crippen molar-refractivity contribution in [3.05, 3.63) is 74.2 Å². The fourth-order valence-electron chi connectivity index (χ4n) is 4.10. The molecule has 0 radical (unpaired) electrons. The van der Waals surface area contributed by atoms with Gasteiger partial charge in [0.1, 0.15) is 22.6 Å². The average molecular weight is 512 g/mol. The zero-order valence-electron chi connectivity index (χ0n) is 17.2. The number of hydrogen-bond acceptors (Lipinski definition) is 7. The van der Waals surface area contributed by atoms with Gasteiger partial charge in [-0.05, 0) is 55.3 Å². The number of aliphatic hydroxyl groups excluding tert-OH is 1. The monoisotopic (exact) mass is 511 g/mol. The van der Waals surface area contributed by atoms with Crippen LogP contribution in [-0.4, -0.2) is 33.1 Å². The topological polar surface area (TPSA) is 92.6 Å². The Morgan fingerprint density at radius 1 is 1.19 bits per heavy atom. The zero-order valence-corrected chi connectivity index (χ0v) is 19.6. The van der Waals surface area contributed by atoms with Gasteiger partial charge in [-0.25, -0.2) is 0 Å². The first-order chi connectivity index (χ1) is 15.3. The van der Waals surface area contributed by atoms with E-state index in [2.05, 4.69) is 26.1 Å². The number of aromatic nitrogens is 2. The van der Waals surface area contributed by atoms with Crippen LogP contribution in [0.25, 0.3) is 5.76 Å². The third kappa shape index (κ3) is 3.41. The maximum atomic E-state index is 13.2. The van der Waals surface area contributed by atoms with E-state index in [4.69, 9.17) is 4.74 Å². The van der Waals surface area contributed by atoms with Crippen LogP contribution in [0.4, 0.5) is 5.13 Å². The first-order valence-electron chi connectivity index (χ1n) is 10.00. The minimum Gasteiger partial charge on any atom is -0.507 e. The highest BCUT2D eigenvalue weighted by Crippen LogP contribution is 2.43. The molecule has 5 rings (SSSR count). The van der Waals surface area contributed by atoms with Gasteiger partial charge in [-0.1, -0.05) is 39.4 Å². The van der Waals surface area contributed by atoms with Gasteiger partial charge in [0.25, 0.3) is 5.78 Å². The number of Topliss-reactive ketones (excluding diaryl/α,β-unsaturated/α-hetero) is 1. The van der Waals surface area contributed by atoms with Crippen LogP contribution in [0, 0.1) is 6.92 Å². The molecule has 1 saturated heterocycles. The predicted octanol–water partition coefficient (Wildman–Crippen LogP) is 4.56. The Kier molecular flexibility index (Phi) is 5.10. The molecule has 0 saturated carbocycles. The quantitative estimate of drug-likeness (QED) is 0.314.